The van der Waals surface area contributed by atoms with Gasteiger partial charge in [0, 0.05) is 45.6 Å². The van der Waals surface area contributed by atoms with Crippen LogP contribution in [0.3, 0.4) is 0 Å². The molecule has 4 rings (SSSR count). The number of morpholine rings is 1. The fourth-order valence-electron chi connectivity index (χ4n) is 4.48. The molecule has 3 aliphatic rings. The molecule has 30 heavy (non-hydrogen) atoms. The van der Waals surface area contributed by atoms with Gasteiger partial charge in [0.15, 0.2) is 5.96 Å². The Morgan fingerprint density at radius 3 is 2.77 bits per heavy atom. The van der Waals surface area contributed by atoms with E-state index in [-0.39, 0.29) is 36.2 Å². The SMILES string of the molecule is CN=C(NCc1ccnc(OC2CCCCC2)c1)N1CCOC(C2CCCO2)C1.I. The summed E-state index contributed by atoms with van der Waals surface area (Å²) in [5.41, 5.74) is 1.15. The smallest absolute Gasteiger partial charge is 0.213 e. The van der Waals surface area contributed by atoms with Crippen molar-refractivity contribution in [1.29, 1.82) is 0 Å². The normalized spacial score (nSPS) is 25.6. The molecule has 0 amide bonds. The number of nitrogens with one attached hydrogen (secondary N) is 1. The number of ether oxygens (including phenoxy) is 3. The van der Waals surface area contributed by atoms with Crippen molar-refractivity contribution in [3.8, 4) is 5.88 Å². The molecule has 3 fully saturated rings. The van der Waals surface area contributed by atoms with Gasteiger partial charge in [-0.25, -0.2) is 4.98 Å². The van der Waals surface area contributed by atoms with Crippen LogP contribution in [0.5, 0.6) is 5.88 Å². The Morgan fingerprint density at radius 2 is 2.00 bits per heavy atom. The number of halogens is 1. The summed E-state index contributed by atoms with van der Waals surface area (Å²) in [7, 11) is 1.84. The Bertz CT molecular complexity index is 678. The highest BCUT2D eigenvalue weighted by Gasteiger charge is 2.32. The second-order valence-electron chi connectivity index (χ2n) is 8.19. The molecule has 1 saturated carbocycles. The molecule has 168 valence electrons. The predicted molar refractivity (Wildman–Crippen MR) is 128 cm³/mol. The van der Waals surface area contributed by atoms with Crippen LogP contribution < -0.4 is 10.1 Å². The van der Waals surface area contributed by atoms with E-state index < -0.39 is 0 Å². The van der Waals surface area contributed by atoms with Gasteiger partial charge < -0.3 is 24.4 Å². The molecule has 1 aliphatic carbocycles. The van der Waals surface area contributed by atoms with Gasteiger partial charge in [-0.05, 0) is 50.2 Å². The van der Waals surface area contributed by atoms with Gasteiger partial charge in [-0.1, -0.05) is 6.42 Å². The van der Waals surface area contributed by atoms with Gasteiger partial charge in [0.05, 0.1) is 12.7 Å². The molecule has 0 radical (unpaired) electrons. The molecule has 0 spiro atoms. The Hall–Kier alpha value is -1.13. The third-order valence-corrected chi connectivity index (χ3v) is 6.07. The number of hydrogen-bond donors (Lipinski definition) is 1. The zero-order valence-corrected chi connectivity index (χ0v) is 20.3. The molecule has 2 saturated heterocycles. The summed E-state index contributed by atoms with van der Waals surface area (Å²) in [4.78, 5) is 11.2. The van der Waals surface area contributed by atoms with Crippen LogP contribution in [-0.4, -0.2) is 67.5 Å². The largest absolute Gasteiger partial charge is 0.474 e. The number of aliphatic imine (C=N–C) groups is 1. The summed E-state index contributed by atoms with van der Waals surface area (Å²) in [5, 5.41) is 3.49. The third-order valence-electron chi connectivity index (χ3n) is 6.07. The number of aromatic nitrogens is 1. The molecule has 8 heteroatoms. The predicted octanol–water partition coefficient (Wildman–Crippen LogP) is 3.37. The van der Waals surface area contributed by atoms with Crippen molar-refractivity contribution in [2.75, 3.05) is 33.4 Å². The van der Waals surface area contributed by atoms with E-state index in [0.29, 0.717) is 19.3 Å². The van der Waals surface area contributed by atoms with E-state index in [2.05, 4.69) is 20.2 Å². The van der Waals surface area contributed by atoms with Gasteiger partial charge in [-0.2, -0.15) is 0 Å². The minimum absolute atomic E-state index is 0. The van der Waals surface area contributed by atoms with E-state index in [1.54, 1.807) is 0 Å². The van der Waals surface area contributed by atoms with Crippen LogP contribution in [0.2, 0.25) is 0 Å². The molecule has 0 aromatic carbocycles. The molecule has 1 aromatic heterocycles. The van der Waals surface area contributed by atoms with Crippen LogP contribution in [-0.2, 0) is 16.0 Å². The highest BCUT2D eigenvalue weighted by molar-refractivity contribution is 14.0. The molecule has 1 N–H and O–H groups in total. The van der Waals surface area contributed by atoms with Gasteiger partial charge in [0.1, 0.15) is 12.2 Å². The zero-order chi connectivity index (χ0) is 19.9. The fraction of sp³-hybridized carbons (Fsp3) is 0.727. The number of hydrogen-bond acceptors (Lipinski definition) is 5. The molecule has 2 aliphatic heterocycles. The first-order valence-electron chi connectivity index (χ1n) is 11.1. The van der Waals surface area contributed by atoms with E-state index in [9.17, 15) is 0 Å². The quantitative estimate of drug-likeness (QED) is 0.358. The van der Waals surface area contributed by atoms with Crippen LogP contribution in [0.15, 0.2) is 23.3 Å². The van der Waals surface area contributed by atoms with Crippen molar-refractivity contribution in [3.05, 3.63) is 23.9 Å². The van der Waals surface area contributed by atoms with Crippen LogP contribution >= 0.6 is 24.0 Å². The zero-order valence-electron chi connectivity index (χ0n) is 17.9. The van der Waals surface area contributed by atoms with E-state index >= 15 is 0 Å². The van der Waals surface area contributed by atoms with Crippen molar-refractivity contribution in [2.24, 2.45) is 4.99 Å². The number of rotatable bonds is 5. The maximum atomic E-state index is 6.11. The fourth-order valence-corrected chi connectivity index (χ4v) is 4.48. The van der Waals surface area contributed by atoms with Gasteiger partial charge in [0.2, 0.25) is 5.88 Å². The Morgan fingerprint density at radius 1 is 1.17 bits per heavy atom. The Labute approximate surface area is 197 Å². The lowest BCUT2D eigenvalue weighted by Crippen LogP contribution is -2.53. The van der Waals surface area contributed by atoms with Crippen molar-refractivity contribution in [2.45, 2.75) is 69.8 Å². The maximum Gasteiger partial charge on any atom is 0.213 e. The minimum Gasteiger partial charge on any atom is -0.474 e. The van der Waals surface area contributed by atoms with Gasteiger partial charge in [0.25, 0.3) is 0 Å². The van der Waals surface area contributed by atoms with E-state index in [4.69, 9.17) is 14.2 Å². The van der Waals surface area contributed by atoms with Gasteiger partial charge in [-0.3, -0.25) is 4.99 Å². The van der Waals surface area contributed by atoms with Gasteiger partial charge >= 0.3 is 0 Å². The standard InChI is InChI=1S/C22H34N4O3.HI/c1-23-22(26-11-13-28-20(16-26)19-8-5-12-27-19)25-15-17-9-10-24-21(14-17)29-18-6-3-2-4-7-18;/h9-10,14,18-20H,2-8,11-13,15-16H2,1H3,(H,23,25);1H. The lowest BCUT2D eigenvalue weighted by molar-refractivity contribution is -0.0817. The van der Waals surface area contributed by atoms with Crippen LogP contribution in [0.1, 0.15) is 50.5 Å². The van der Waals surface area contributed by atoms with Crippen LogP contribution in [0.25, 0.3) is 0 Å². The number of pyridine rings is 1. The van der Waals surface area contributed by atoms with Crippen molar-refractivity contribution in [3.63, 3.8) is 0 Å². The molecule has 7 nitrogen and oxygen atoms in total. The number of guanidine groups is 1. The molecule has 1 aromatic rings. The Kier molecular flexibility index (Phi) is 9.45. The summed E-state index contributed by atoms with van der Waals surface area (Å²) >= 11 is 0. The maximum absolute atomic E-state index is 6.11. The Balaban J connectivity index is 0.00000256. The summed E-state index contributed by atoms with van der Waals surface area (Å²) in [6.45, 7) is 3.91. The van der Waals surface area contributed by atoms with Crippen molar-refractivity contribution < 1.29 is 14.2 Å². The van der Waals surface area contributed by atoms with Crippen molar-refractivity contribution >= 4 is 29.9 Å². The molecule has 2 atom stereocenters. The first-order valence-corrected chi connectivity index (χ1v) is 11.1. The van der Waals surface area contributed by atoms with E-state index in [1.807, 2.05) is 25.4 Å². The first-order chi connectivity index (χ1) is 14.3. The monoisotopic (exact) mass is 530 g/mol. The average molecular weight is 530 g/mol. The van der Waals surface area contributed by atoms with Crippen LogP contribution in [0, 0.1) is 0 Å². The van der Waals surface area contributed by atoms with Crippen LogP contribution in [0.4, 0.5) is 0 Å². The van der Waals surface area contributed by atoms with E-state index in [0.717, 1.165) is 62.8 Å². The third kappa shape index (κ3) is 6.43. The molecule has 0 bridgehead atoms. The summed E-state index contributed by atoms with van der Waals surface area (Å²) in [6.07, 6.45) is 10.8. The summed E-state index contributed by atoms with van der Waals surface area (Å²) < 4.78 is 17.9. The second kappa shape index (κ2) is 12.0. The van der Waals surface area contributed by atoms with Crippen molar-refractivity contribution in [1.82, 2.24) is 15.2 Å². The molecular formula is C22H35IN4O3. The molecular weight excluding hydrogens is 495 g/mol. The minimum atomic E-state index is 0. The first kappa shape index (κ1) is 23.5. The highest BCUT2D eigenvalue weighted by atomic mass is 127. The average Bonchev–Trinajstić information content (AvgIpc) is 3.31. The summed E-state index contributed by atoms with van der Waals surface area (Å²) in [5.74, 6) is 1.64. The lowest BCUT2D eigenvalue weighted by Gasteiger charge is -2.37. The second-order valence-corrected chi connectivity index (χ2v) is 8.19. The topological polar surface area (TPSA) is 68.2 Å². The molecule has 2 unspecified atom stereocenters. The van der Waals surface area contributed by atoms with E-state index in [1.165, 1.54) is 19.3 Å². The van der Waals surface area contributed by atoms with Gasteiger partial charge in [-0.15, -0.1) is 24.0 Å². The number of nitrogens with zero attached hydrogens (tertiary/aromatic N) is 3. The summed E-state index contributed by atoms with van der Waals surface area (Å²) in [6, 6.07) is 4.08. The molecule has 3 heterocycles. The lowest BCUT2D eigenvalue weighted by atomic mass is 9.98. The highest BCUT2D eigenvalue weighted by Crippen LogP contribution is 2.23.